The molecule has 30 heavy (non-hydrogen) atoms. The van der Waals surface area contributed by atoms with Crippen molar-refractivity contribution in [1.82, 2.24) is 0 Å². The summed E-state index contributed by atoms with van der Waals surface area (Å²) in [6.45, 7) is 3.85. The zero-order valence-electron chi connectivity index (χ0n) is 17.3. The lowest BCUT2D eigenvalue weighted by molar-refractivity contribution is -0.146. The summed E-state index contributed by atoms with van der Waals surface area (Å²) in [5.41, 5.74) is -2.10. The summed E-state index contributed by atoms with van der Waals surface area (Å²) in [7, 11) is -1.70. The Morgan fingerprint density at radius 2 is 1.43 bits per heavy atom. The van der Waals surface area contributed by atoms with E-state index < -0.39 is 36.5 Å². The van der Waals surface area contributed by atoms with Crippen LogP contribution in [0.2, 0.25) is 0 Å². The number of esters is 1. The number of carbonyl (C=O) groups excluding carboxylic acids is 1. The Morgan fingerprint density at radius 1 is 1.00 bits per heavy atom. The molecular formula is C22H25F3NO3P. The summed E-state index contributed by atoms with van der Waals surface area (Å²) in [5.74, 6) is -2.00. The molecule has 0 spiro atoms. The van der Waals surface area contributed by atoms with Gasteiger partial charge in [-0.3, -0.25) is 9.79 Å². The summed E-state index contributed by atoms with van der Waals surface area (Å²) in [6.07, 6.45) is -4.87. The Balaban J connectivity index is 2.99. The van der Waals surface area contributed by atoms with E-state index in [-0.39, 0.29) is 6.16 Å². The highest BCUT2D eigenvalue weighted by atomic mass is 31.2. The number of halogens is 3. The molecule has 0 radical (unpaired) electrons. The molecule has 162 valence electrons. The first-order valence-corrected chi connectivity index (χ1v) is 12.1. The third-order valence-corrected chi connectivity index (χ3v) is 6.04. The molecule has 2 rings (SSSR count). The highest BCUT2D eigenvalue weighted by Gasteiger charge is 2.50. The van der Waals surface area contributed by atoms with Crippen LogP contribution in [-0.4, -0.2) is 44.5 Å². The minimum absolute atomic E-state index is 0.169. The molecule has 0 heterocycles. The van der Waals surface area contributed by atoms with Gasteiger partial charge in [0.05, 0.1) is 20.2 Å². The van der Waals surface area contributed by atoms with Crippen molar-refractivity contribution in [3.63, 3.8) is 0 Å². The molecule has 0 bridgehead atoms. The molecule has 0 saturated carbocycles. The molecule has 2 aromatic rings. The number of ether oxygens (including phenoxy) is 1. The average Bonchev–Trinajstić information content (AvgIpc) is 2.69. The van der Waals surface area contributed by atoms with E-state index in [0.29, 0.717) is 11.1 Å². The van der Waals surface area contributed by atoms with Crippen LogP contribution in [0.15, 0.2) is 65.7 Å². The second-order valence-corrected chi connectivity index (χ2v) is 11.0. The number of benzene rings is 2. The van der Waals surface area contributed by atoms with E-state index in [1.54, 1.807) is 60.7 Å². The van der Waals surface area contributed by atoms with Crippen LogP contribution in [0, 0.1) is 5.92 Å². The van der Waals surface area contributed by atoms with Crippen LogP contribution in [0.25, 0.3) is 0 Å². The van der Waals surface area contributed by atoms with Crippen molar-refractivity contribution in [2.75, 3.05) is 26.6 Å². The van der Waals surface area contributed by atoms with Crippen LogP contribution >= 0.6 is 7.14 Å². The number of hydrogen-bond acceptors (Lipinski definition) is 4. The maximum atomic E-state index is 13.6. The monoisotopic (exact) mass is 439 g/mol. The smallest absolute Gasteiger partial charge is 0.428 e. The summed E-state index contributed by atoms with van der Waals surface area (Å²) < 4.78 is 58.5. The molecule has 8 heteroatoms. The molecule has 1 atom stereocenters. The lowest BCUT2D eigenvalue weighted by atomic mass is 9.73. The topological polar surface area (TPSA) is 55.7 Å². The molecule has 4 nitrogen and oxygen atoms in total. The van der Waals surface area contributed by atoms with Crippen molar-refractivity contribution in [3.05, 3.63) is 71.8 Å². The Bertz CT molecular complexity index is 898. The molecule has 0 aliphatic heterocycles. The lowest BCUT2D eigenvalue weighted by Gasteiger charge is -2.38. The lowest BCUT2D eigenvalue weighted by Crippen LogP contribution is -2.44. The number of carbonyl (C=O) groups is 1. The van der Waals surface area contributed by atoms with Gasteiger partial charge in [-0.1, -0.05) is 60.7 Å². The average molecular weight is 439 g/mol. The summed E-state index contributed by atoms with van der Waals surface area (Å²) in [5, 5.41) is 0. The third kappa shape index (κ3) is 5.39. The highest BCUT2D eigenvalue weighted by Crippen LogP contribution is 2.49. The quantitative estimate of drug-likeness (QED) is 0.331. The van der Waals surface area contributed by atoms with Crippen molar-refractivity contribution in [3.8, 4) is 0 Å². The zero-order chi connectivity index (χ0) is 22.6. The van der Waals surface area contributed by atoms with Crippen molar-refractivity contribution in [1.29, 1.82) is 0 Å². The molecule has 0 N–H and O–H groups in total. The second kappa shape index (κ2) is 9.17. The Labute approximate surface area is 174 Å². The van der Waals surface area contributed by atoms with Crippen molar-refractivity contribution < 1.29 is 27.3 Å². The molecule has 0 amide bonds. The maximum Gasteiger partial charge on any atom is 0.428 e. The van der Waals surface area contributed by atoms with Crippen LogP contribution in [0.5, 0.6) is 0 Å². The van der Waals surface area contributed by atoms with Gasteiger partial charge in [0, 0.05) is 6.16 Å². The fraction of sp³-hybridized carbons (Fsp3) is 0.364. The summed E-state index contributed by atoms with van der Waals surface area (Å²) in [6, 6.07) is 16.6. The number of rotatable bonds is 7. The summed E-state index contributed by atoms with van der Waals surface area (Å²) in [4.78, 5) is 17.1. The minimum atomic E-state index is -4.70. The van der Waals surface area contributed by atoms with E-state index in [1.165, 1.54) is 13.3 Å². The van der Waals surface area contributed by atoms with Gasteiger partial charge in [-0.05, 0) is 31.4 Å². The molecule has 2 aromatic carbocycles. The maximum absolute atomic E-state index is 13.6. The largest absolute Gasteiger partial charge is 0.469 e. The van der Waals surface area contributed by atoms with Crippen LogP contribution in [0.4, 0.5) is 13.2 Å². The molecule has 0 aromatic heterocycles. The van der Waals surface area contributed by atoms with Gasteiger partial charge in [-0.25, -0.2) is 0 Å². The van der Waals surface area contributed by atoms with Crippen molar-refractivity contribution in [2.24, 2.45) is 10.9 Å². The third-order valence-electron chi connectivity index (χ3n) is 4.79. The van der Waals surface area contributed by atoms with E-state index in [2.05, 4.69) is 4.99 Å². The first-order chi connectivity index (χ1) is 13.9. The second-order valence-electron chi connectivity index (χ2n) is 7.53. The van der Waals surface area contributed by atoms with E-state index in [4.69, 9.17) is 4.74 Å². The summed E-state index contributed by atoms with van der Waals surface area (Å²) >= 11 is 0. The standard InChI is InChI=1S/C22H25F3NO3P/c1-16(22(23,24)25)26-21(17-11-7-5-8-12-17,18-13-9-6-10-14-18)19(20(27)29-2)15-30(3,4)28/h5-14,19H,15H2,1-4H3/t19-/m1/s1. The van der Waals surface area contributed by atoms with Crippen LogP contribution in [-0.2, 0) is 19.6 Å². The highest BCUT2D eigenvalue weighted by molar-refractivity contribution is 7.62. The number of aliphatic imine (C=N–C) groups is 1. The molecular weight excluding hydrogens is 414 g/mol. The first kappa shape index (κ1) is 23.9. The Hall–Kier alpha value is -2.40. The van der Waals surface area contributed by atoms with Crippen LogP contribution in [0.3, 0.4) is 0 Å². The van der Waals surface area contributed by atoms with Gasteiger partial charge in [0.1, 0.15) is 11.3 Å². The van der Waals surface area contributed by atoms with Crippen molar-refractivity contribution in [2.45, 2.75) is 18.6 Å². The fourth-order valence-corrected chi connectivity index (χ4v) is 4.74. The SMILES string of the molecule is COC(=O)[C@@H](CP(C)(C)=O)C(N=C(C)C(F)(F)F)(c1ccccc1)c1ccccc1. The van der Waals surface area contributed by atoms with Crippen LogP contribution < -0.4 is 0 Å². The van der Waals surface area contributed by atoms with Crippen molar-refractivity contribution >= 4 is 18.8 Å². The number of alkyl halides is 3. The van der Waals surface area contributed by atoms with Gasteiger partial charge >= 0.3 is 12.1 Å². The Kier molecular flexibility index (Phi) is 7.30. The van der Waals surface area contributed by atoms with Gasteiger partial charge in [-0.15, -0.1) is 0 Å². The predicted octanol–water partition coefficient (Wildman–Crippen LogP) is 5.37. The number of nitrogens with zero attached hydrogens (tertiary/aromatic N) is 1. The molecule has 0 unspecified atom stereocenters. The van der Waals surface area contributed by atoms with E-state index in [0.717, 1.165) is 14.0 Å². The number of hydrogen-bond donors (Lipinski definition) is 0. The number of methoxy groups -OCH3 is 1. The normalized spacial score (nSPS) is 14.3. The van der Waals surface area contributed by atoms with Gasteiger partial charge in [0.2, 0.25) is 0 Å². The molecule has 0 fully saturated rings. The minimum Gasteiger partial charge on any atom is -0.469 e. The molecule has 0 saturated heterocycles. The van der Waals surface area contributed by atoms with Crippen LogP contribution in [0.1, 0.15) is 18.1 Å². The van der Waals surface area contributed by atoms with E-state index in [1.807, 2.05) is 0 Å². The fourth-order valence-electron chi connectivity index (χ4n) is 3.45. The molecule has 0 aliphatic carbocycles. The van der Waals surface area contributed by atoms with E-state index >= 15 is 0 Å². The predicted molar refractivity (Wildman–Crippen MR) is 113 cm³/mol. The van der Waals surface area contributed by atoms with Gasteiger partial charge < -0.3 is 9.30 Å². The Morgan fingerprint density at radius 3 is 1.77 bits per heavy atom. The molecule has 0 aliphatic rings. The van der Waals surface area contributed by atoms with Gasteiger partial charge in [-0.2, -0.15) is 13.2 Å². The van der Waals surface area contributed by atoms with Gasteiger partial charge in [0.15, 0.2) is 0 Å². The zero-order valence-corrected chi connectivity index (χ0v) is 18.2. The first-order valence-electron chi connectivity index (χ1n) is 9.28. The van der Waals surface area contributed by atoms with E-state index in [9.17, 15) is 22.5 Å². The van der Waals surface area contributed by atoms with Gasteiger partial charge in [0.25, 0.3) is 0 Å².